The first-order chi connectivity index (χ1) is 5.33. The zero-order valence-electron chi connectivity index (χ0n) is 7.52. The van der Waals surface area contributed by atoms with E-state index in [0.29, 0.717) is 0 Å². The van der Waals surface area contributed by atoms with E-state index in [1.54, 1.807) is 0 Å². The molecule has 0 amide bonds. The van der Waals surface area contributed by atoms with Crippen molar-refractivity contribution >= 4 is 0 Å². The van der Waals surface area contributed by atoms with Gasteiger partial charge >= 0.3 is 0 Å². The van der Waals surface area contributed by atoms with Crippen LogP contribution in [-0.2, 0) is 19.4 Å². The maximum Gasteiger partial charge on any atom is 0.116 e. The lowest BCUT2D eigenvalue weighted by atomic mass is 10.1. The molecule has 2 nitrogen and oxygen atoms in total. The highest BCUT2D eigenvalue weighted by atomic mass is 15.3. The third kappa shape index (κ3) is 1.44. The summed E-state index contributed by atoms with van der Waals surface area (Å²) in [5.41, 5.74) is 2.62. The molecule has 11 heavy (non-hydrogen) atoms. The van der Waals surface area contributed by atoms with E-state index in [-0.39, 0.29) is 0 Å². The first-order valence-corrected chi connectivity index (χ1v) is 4.29. The van der Waals surface area contributed by atoms with Gasteiger partial charge in [0.25, 0.3) is 0 Å². The summed E-state index contributed by atoms with van der Waals surface area (Å²) in [4.78, 5) is 0. The van der Waals surface area contributed by atoms with Gasteiger partial charge in [0.05, 0.1) is 0 Å². The van der Waals surface area contributed by atoms with Gasteiger partial charge in [0.2, 0.25) is 0 Å². The number of hydrogen-bond acceptors (Lipinski definition) is 1. The van der Waals surface area contributed by atoms with Crippen molar-refractivity contribution in [3.63, 3.8) is 0 Å². The number of aromatic nitrogens is 2. The van der Waals surface area contributed by atoms with E-state index in [2.05, 4.69) is 32.1 Å². The molecule has 1 aromatic heterocycles. The number of rotatable bonds is 3. The van der Waals surface area contributed by atoms with Crippen molar-refractivity contribution in [3.05, 3.63) is 17.5 Å². The summed E-state index contributed by atoms with van der Waals surface area (Å²) in [6.45, 7) is 7.38. The summed E-state index contributed by atoms with van der Waals surface area (Å²) in [6.07, 6.45) is 5.15. The lowest BCUT2D eigenvalue weighted by molar-refractivity contribution is 0.623. The monoisotopic (exact) mass is 151 g/mol. The van der Waals surface area contributed by atoms with E-state index in [9.17, 15) is 0 Å². The summed E-state index contributed by atoms with van der Waals surface area (Å²) in [5.74, 6) is 0. The van der Waals surface area contributed by atoms with E-state index in [4.69, 9.17) is 0 Å². The van der Waals surface area contributed by atoms with Crippen LogP contribution in [0.5, 0.6) is 0 Å². The van der Waals surface area contributed by atoms with E-state index >= 15 is 0 Å². The molecule has 0 aliphatic rings. The maximum atomic E-state index is 4.17. The van der Waals surface area contributed by atoms with Gasteiger partial charge in [-0.25, -0.2) is 0 Å². The van der Waals surface area contributed by atoms with Gasteiger partial charge in [0.1, 0.15) is 6.20 Å². The molecular formula is C9H15N2. The molecular weight excluding hydrogens is 136 g/mol. The third-order valence-corrected chi connectivity index (χ3v) is 1.95. The molecule has 0 saturated carbocycles. The maximum absolute atomic E-state index is 4.17. The van der Waals surface area contributed by atoms with Gasteiger partial charge in [-0.3, -0.25) is 4.68 Å². The highest BCUT2D eigenvalue weighted by Gasteiger charge is 2.05. The van der Waals surface area contributed by atoms with Crippen molar-refractivity contribution in [2.75, 3.05) is 0 Å². The molecule has 1 heterocycles. The first kappa shape index (κ1) is 8.31. The average Bonchev–Trinajstić information content (AvgIpc) is 2.45. The Morgan fingerprint density at radius 2 is 2.00 bits per heavy atom. The second-order valence-corrected chi connectivity index (χ2v) is 2.56. The van der Waals surface area contributed by atoms with Gasteiger partial charge in [-0.2, -0.15) is 5.10 Å². The van der Waals surface area contributed by atoms with Gasteiger partial charge in [0, 0.05) is 17.8 Å². The Bertz CT molecular complexity index is 204. The Morgan fingerprint density at radius 3 is 2.45 bits per heavy atom. The molecule has 2 heteroatoms. The fourth-order valence-corrected chi connectivity index (χ4v) is 1.34. The molecule has 1 radical (unpaired) electrons. The number of hydrogen-bond donors (Lipinski definition) is 0. The third-order valence-electron chi connectivity index (χ3n) is 1.95. The van der Waals surface area contributed by atoms with E-state index < -0.39 is 0 Å². The van der Waals surface area contributed by atoms with Crippen LogP contribution in [0.15, 0.2) is 0 Å². The second kappa shape index (κ2) is 3.56. The summed E-state index contributed by atoms with van der Waals surface area (Å²) >= 11 is 0. The molecule has 0 saturated heterocycles. The highest BCUT2D eigenvalue weighted by molar-refractivity contribution is 5.16. The predicted molar refractivity (Wildman–Crippen MR) is 45.5 cm³/mol. The fraction of sp³-hybridized carbons (Fsp3) is 0.667. The largest absolute Gasteiger partial charge is 0.269 e. The molecule has 0 N–H and O–H groups in total. The molecule has 0 aromatic carbocycles. The van der Waals surface area contributed by atoms with E-state index in [0.717, 1.165) is 19.4 Å². The lowest BCUT2D eigenvalue weighted by Gasteiger charge is -2.02. The minimum absolute atomic E-state index is 0.958. The molecule has 0 unspecified atom stereocenters. The molecule has 0 atom stereocenters. The summed E-state index contributed by atoms with van der Waals surface area (Å²) in [7, 11) is 0. The zero-order valence-corrected chi connectivity index (χ0v) is 7.52. The normalized spacial score (nSPS) is 10.5. The predicted octanol–water partition coefficient (Wildman–Crippen LogP) is 1.83. The topological polar surface area (TPSA) is 17.8 Å². The standard InChI is InChI=1S/C9H15N2/c1-4-8-7-10-11(6-3)9(8)5-2/h4-6H2,1-3H3. The molecule has 61 valence electrons. The minimum atomic E-state index is 0.958. The van der Waals surface area contributed by atoms with Crippen LogP contribution in [0.2, 0.25) is 0 Å². The average molecular weight is 151 g/mol. The van der Waals surface area contributed by atoms with Gasteiger partial charge in [-0.05, 0) is 19.8 Å². The Labute approximate surface area is 68.2 Å². The van der Waals surface area contributed by atoms with Crippen molar-refractivity contribution < 1.29 is 0 Å². The quantitative estimate of drug-likeness (QED) is 0.644. The first-order valence-electron chi connectivity index (χ1n) is 4.29. The summed E-state index contributed by atoms with van der Waals surface area (Å²) < 4.78 is 2.03. The molecule has 0 fully saturated rings. The number of nitrogens with zero attached hydrogens (tertiary/aromatic N) is 2. The summed E-state index contributed by atoms with van der Waals surface area (Å²) in [5, 5.41) is 4.17. The van der Waals surface area contributed by atoms with Crippen LogP contribution in [0, 0.1) is 6.20 Å². The van der Waals surface area contributed by atoms with Crippen LogP contribution in [0.4, 0.5) is 0 Å². The van der Waals surface area contributed by atoms with Crippen molar-refractivity contribution in [2.24, 2.45) is 0 Å². The molecule has 1 rings (SSSR count). The molecule has 0 spiro atoms. The Kier molecular flexibility index (Phi) is 2.69. The molecule has 0 bridgehead atoms. The lowest BCUT2D eigenvalue weighted by Crippen LogP contribution is -2.02. The van der Waals surface area contributed by atoms with Crippen LogP contribution in [0.25, 0.3) is 0 Å². The van der Waals surface area contributed by atoms with Crippen molar-refractivity contribution in [2.45, 2.75) is 40.2 Å². The van der Waals surface area contributed by atoms with Gasteiger partial charge in [-0.1, -0.05) is 13.8 Å². The van der Waals surface area contributed by atoms with Gasteiger partial charge < -0.3 is 0 Å². The summed E-state index contributed by atoms with van der Waals surface area (Å²) in [6, 6.07) is 0. The van der Waals surface area contributed by atoms with Crippen LogP contribution in [0.1, 0.15) is 32.0 Å². The molecule has 0 aliphatic heterocycles. The highest BCUT2D eigenvalue weighted by Crippen LogP contribution is 2.08. The SMILES string of the molecule is CCc1[c]nn(CC)c1CC. The van der Waals surface area contributed by atoms with Crippen molar-refractivity contribution in [1.29, 1.82) is 0 Å². The van der Waals surface area contributed by atoms with Gasteiger partial charge in [0.15, 0.2) is 0 Å². The fourth-order valence-electron chi connectivity index (χ4n) is 1.34. The smallest absolute Gasteiger partial charge is 0.116 e. The van der Waals surface area contributed by atoms with E-state index in [1.165, 1.54) is 11.3 Å². The Morgan fingerprint density at radius 1 is 1.27 bits per heavy atom. The van der Waals surface area contributed by atoms with Crippen LogP contribution < -0.4 is 0 Å². The zero-order chi connectivity index (χ0) is 8.27. The Hall–Kier alpha value is -0.790. The molecule has 0 aliphatic carbocycles. The minimum Gasteiger partial charge on any atom is -0.269 e. The van der Waals surface area contributed by atoms with Crippen LogP contribution in [0.3, 0.4) is 0 Å². The molecule has 1 aromatic rings. The van der Waals surface area contributed by atoms with E-state index in [1.807, 2.05) is 4.68 Å². The second-order valence-electron chi connectivity index (χ2n) is 2.56. The van der Waals surface area contributed by atoms with Crippen molar-refractivity contribution in [1.82, 2.24) is 9.78 Å². The number of aryl methyl sites for hydroxylation is 2. The Balaban J connectivity index is 2.99. The van der Waals surface area contributed by atoms with Crippen molar-refractivity contribution in [3.8, 4) is 0 Å². The van der Waals surface area contributed by atoms with Crippen LogP contribution in [-0.4, -0.2) is 9.78 Å². The van der Waals surface area contributed by atoms with Crippen LogP contribution >= 0.6 is 0 Å². The van der Waals surface area contributed by atoms with Gasteiger partial charge in [-0.15, -0.1) is 0 Å².